The molecule has 2 aliphatic heterocycles. The molecule has 2 amide bonds. The molecule has 3 heterocycles. The highest BCUT2D eigenvalue weighted by Crippen LogP contribution is 2.37. The number of tetrazole rings is 1. The molecule has 2 aliphatic rings. The van der Waals surface area contributed by atoms with E-state index in [1.54, 1.807) is 17.0 Å². The van der Waals surface area contributed by atoms with Crippen LogP contribution in [-0.4, -0.2) is 63.2 Å². The smallest absolute Gasteiger partial charge is 0.260 e. The zero-order valence-electron chi connectivity index (χ0n) is 14.3. The summed E-state index contributed by atoms with van der Waals surface area (Å²) in [5, 5.41) is 13.9. The Morgan fingerprint density at radius 1 is 1.27 bits per heavy atom. The second-order valence-electron chi connectivity index (χ2n) is 6.74. The van der Waals surface area contributed by atoms with E-state index < -0.39 is 5.41 Å². The van der Waals surface area contributed by atoms with Gasteiger partial charge in [-0.1, -0.05) is 0 Å². The zero-order chi connectivity index (χ0) is 18.0. The van der Waals surface area contributed by atoms with Crippen LogP contribution in [0.25, 0.3) is 5.69 Å². The van der Waals surface area contributed by atoms with Gasteiger partial charge < -0.3 is 15.0 Å². The number of benzene rings is 1. The number of hydrogen-bond donors (Lipinski definition) is 1. The molecule has 1 aromatic heterocycles. The first-order chi connectivity index (χ1) is 12.7. The van der Waals surface area contributed by atoms with E-state index in [1.807, 2.05) is 12.1 Å². The predicted octanol–water partition coefficient (Wildman–Crippen LogP) is 0.170. The van der Waals surface area contributed by atoms with Gasteiger partial charge in [0.1, 0.15) is 12.1 Å². The third-order valence-electron chi connectivity index (χ3n) is 5.12. The van der Waals surface area contributed by atoms with Gasteiger partial charge in [0.05, 0.1) is 11.1 Å². The van der Waals surface area contributed by atoms with E-state index in [9.17, 15) is 9.59 Å². The summed E-state index contributed by atoms with van der Waals surface area (Å²) in [6.45, 7) is 1.79. The maximum absolute atomic E-state index is 12.4. The summed E-state index contributed by atoms with van der Waals surface area (Å²) >= 11 is 0. The summed E-state index contributed by atoms with van der Waals surface area (Å²) in [4.78, 5) is 26.4. The molecule has 1 N–H and O–H groups in total. The number of amides is 2. The zero-order valence-corrected chi connectivity index (χ0v) is 14.3. The summed E-state index contributed by atoms with van der Waals surface area (Å²) in [5.74, 6) is 0.586. The van der Waals surface area contributed by atoms with Crippen LogP contribution in [0.5, 0.6) is 5.75 Å². The number of hydrogen-bond acceptors (Lipinski definition) is 6. The van der Waals surface area contributed by atoms with E-state index in [0.717, 1.165) is 31.5 Å². The summed E-state index contributed by atoms with van der Waals surface area (Å²) in [6.07, 6.45) is 4.05. The second-order valence-corrected chi connectivity index (χ2v) is 6.74. The van der Waals surface area contributed by atoms with Crippen molar-refractivity contribution in [2.45, 2.75) is 19.3 Å². The minimum absolute atomic E-state index is 0.0398. The molecule has 4 rings (SSSR count). The number of rotatable bonds is 4. The molecule has 1 spiro atoms. The number of nitrogens with zero attached hydrogens (tertiary/aromatic N) is 5. The van der Waals surface area contributed by atoms with Gasteiger partial charge in [0.2, 0.25) is 5.91 Å². The molecule has 0 saturated carbocycles. The van der Waals surface area contributed by atoms with Crippen LogP contribution in [0.2, 0.25) is 0 Å². The van der Waals surface area contributed by atoms with E-state index in [4.69, 9.17) is 4.74 Å². The van der Waals surface area contributed by atoms with Gasteiger partial charge in [-0.25, -0.2) is 4.68 Å². The number of likely N-dealkylation sites (tertiary alicyclic amines) is 1. The van der Waals surface area contributed by atoms with Gasteiger partial charge in [-0.15, -0.1) is 5.10 Å². The molecule has 0 bridgehead atoms. The lowest BCUT2D eigenvalue weighted by atomic mass is 9.79. The molecule has 136 valence electrons. The Hall–Kier alpha value is -2.97. The third-order valence-corrected chi connectivity index (χ3v) is 5.12. The lowest BCUT2D eigenvalue weighted by molar-refractivity contribution is -0.135. The Morgan fingerprint density at radius 2 is 2.12 bits per heavy atom. The van der Waals surface area contributed by atoms with Gasteiger partial charge in [0, 0.05) is 19.6 Å². The van der Waals surface area contributed by atoms with Crippen molar-refractivity contribution >= 4 is 11.8 Å². The van der Waals surface area contributed by atoms with Gasteiger partial charge in [-0.3, -0.25) is 9.59 Å². The van der Waals surface area contributed by atoms with Gasteiger partial charge in [-0.2, -0.15) is 0 Å². The molecule has 2 fully saturated rings. The maximum Gasteiger partial charge on any atom is 0.260 e. The molecule has 2 aromatic rings. The van der Waals surface area contributed by atoms with Gasteiger partial charge in [0.25, 0.3) is 5.91 Å². The van der Waals surface area contributed by atoms with Crippen LogP contribution in [0.15, 0.2) is 30.6 Å². The lowest BCUT2D eigenvalue weighted by Gasteiger charge is -2.32. The molecule has 9 heteroatoms. The highest BCUT2D eigenvalue weighted by Gasteiger charge is 2.46. The van der Waals surface area contributed by atoms with Crippen molar-refractivity contribution in [3.63, 3.8) is 0 Å². The summed E-state index contributed by atoms with van der Waals surface area (Å²) < 4.78 is 7.14. The van der Waals surface area contributed by atoms with Crippen LogP contribution in [0.4, 0.5) is 0 Å². The van der Waals surface area contributed by atoms with E-state index >= 15 is 0 Å². The molecule has 0 unspecified atom stereocenters. The minimum atomic E-state index is -0.401. The predicted molar refractivity (Wildman–Crippen MR) is 90.5 cm³/mol. The SMILES string of the molecule is O=C(COc1ccc(-n2cnnn2)cc1)N1CC[C@]2(CCCNC2=O)C1. The van der Waals surface area contributed by atoms with Crippen LogP contribution in [0.3, 0.4) is 0 Å². The molecule has 9 nitrogen and oxygen atoms in total. The Morgan fingerprint density at radius 3 is 2.85 bits per heavy atom. The number of carbonyl (C=O) groups is 2. The molecular weight excluding hydrogens is 336 g/mol. The van der Waals surface area contributed by atoms with Crippen molar-refractivity contribution < 1.29 is 14.3 Å². The Balaban J connectivity index is 1.32. The van der Waals surface area contributed by atoms with Crippen molar-refractivity contribution in [1.82, 2.24) is 30.4 Å². The summed E-state index contributed by atoms with van der Waals surface area (Å²) in [7, 11) is 0. The van der Waals surface area contributed by atoms with Crippen molar-refractivity contribution in [3.05, 3.63) is 30.6 Å². The van der Waals surface area contributed by atoms with Crippen LogP contribution < -0.4 is 10.1 Å². The summed E-state index contributed by atoms with van der Waals surface area (Å²) in [6, 6.07) is 7.16. The highest BCUT2D eigenvalue weighted by molar-refractivity contribution is 5.86. The lowest BCUT2D eigenvalue weighted by Crippen LogP contribution is -2.48. The quantitative estimate of drug-likeness (QED) is 0.838. The number of carbonyl (C=O) groups excluding carboxylic acids is 2. The van der Waals surface area contributed by atoms with E-state index in [1.165, 1.54) is 11.0 Å². The van der Waals surface area contributed by atoms with Gasteiger partial charge >= 0.3 is 0 Å². The van der Waals surface area contributed by atoms with Crippen LogP contribution >= 0.6 is 0 Å². The Kier molecular flexibility index (Phi) is 4.27. The monoisotopic (exact) mass is 356 g/mol. The average Bonchev–Trinajstić information content (AvgIpc) is 3.34. The standard InChI is InChI=1S/C17H20N6O3/c24-15(22-9-7-17(11-22)6-1-8-18-16(17)25)10-26-14-4-2-13(3-5-14)23-12-19-20-21-23/h2-5,12H,1,6-11H2,(H,18,25)/t17-/m1/s1. The van der Waals surface area contributed by atoms with Crippen LogP contribution in [0.1, 0.15) is 19.3 Å². The van der Waals surface area contributed by atoms with Crippen molar-refractivity contribution in [3.8, 4) is 11.4 Å². The molecule has 1 atom stereocenters. The fourth-order valence-electron chi connectivity index (χ4n) is 3.62. The Labute approximate surface area is 150 Å². The first-order valence-corrected chi connectivity index (χ1v) is 8.69. The Bertz CT molecular complexity index is 791. The largest absolute Gasteiger partial charge is 0.484 e. The average molecular weight is 356 g/mol. The molecule has 2 saturated heterocycles. The molecular formula is C17H20N6O3. The first-order valence-electron chi connectivity index (χ1n) is 8.69. The fraction of sp³-hybridized carbons (Fsp3) is 0.471. The number of piperidine rings is 1. The van der Waals surface area contributed by atoms with Crippen LogP contribution in [0, 0.1) is 5.41 Å². The van der Waals surface area contributed by atoms with Gasteiger partial charge in [0.15, 0.2) is 6.61 Å². The fourth-order valence-corrected chi connectivity index (χ4v) is 3.62. The normalized spacial score (nSPS) is 22.5. The van der Waals surface area contributed by atoms with Crippen molar-refractivity contribution in [2.24, 2.45) is 5.41 Å². The number of ether oxygens (including phenoxy) is 1. The highest BCUT2D eigenvalue weighted by atomic mass is 16.5. The third kappa shape index (κ3) is 3.12. The van der Waals surface area contributed by atoms with Gasteiger partial charge in [-0.05, 0) is 54.0 Å². The van der Waals surface area contributed by atoms with E-state index in [2.05, 4.69) is 20.8 Å². The van der Waals surface area contributed by atoms with E-state index in [0.29, 0.717) is 18.8 Å². The maximum atomic E-state index is 12.4. The minimum Gasteiger partial charge on any atom is -0.484 e. The second kappa shape index (κ2) is 6.74. The summed E-state index contributed by atoms with van der Waals surface area (Å²) in [5.41, 5.74) is 0.403. The number of aromatic nitrogens is 4. The number of nitrogens with one attached hydrogen (secondary N) is 1. The molecule has 26 heavy (non-hydrogen) atoms. The van der Waals surface area contributed by atoms with E-state index in [-0.39, 0.29) is 18.4 Å². The molecule has 1 aromatic carbocycles. The topological polar surface area (TPSA) is 102 Å². The molecule has 0 radical (unpaired) electrons. The van der Waals surface area contributed by atoms with Crippen molar-refractivity contribution in [1.29, 1.82) is 0 Å². The molecule has 0 aliphatic carbocycles. The van der Waals surface area contributed by atoms with Crippen LogP contribution in [-0.2, 0) is 9.59 Å². The van der Waals surface area contributed by atoms with Crippen molar-refractivity contribution in [2.75, 3.05) is 26.2 Å². The first kappa shape index (κ1) is 16.5.